The first kappa shape index (κ1) is 13.7. The fourth-order valence-corrected chi connectivity index (χ4v) is 9.87. The highest BCUT2D eigenvalue weighted by Crippen LogP contribution is 2.69. The zero-order valence-electron chi connectivity index (χ0n) is 7.36. The van der Waals surface area contributed by atoms with Crippen LogP contribution in [-0.2, 0) is 16.3 Å². The van der Waals surface area contributed by atoms with Crippen molar-refractivity contribution in [2.75, 3.05) is 23.9 Å². The molecule has 0 rings (SSSR count). The standard InChI is InChI=1S/C6H15OPS4/c1-3-7-8(10,11-4-2)12-6-5-9/h9H,3-6H2,1-2H3. The Bertz CT molecular complexity index is 142. The van der Waals surface area contributed by atoms with Crippen molar-refractivity contribution >= 4 is 51.9 Å². The van der Waals surface area contributed by atoms with E-state index in [1.54, 1.807) is 22.8 Å². The van der Waals surface area contributed by atoms with Gasteiger partial charge in [-0.2, -0.15) is 12.6 Å². The van der Waals surface area contributed by atoms with E-state index in [9.17, 15) is 0 Å². The molecular weight excluding hydrogens is 247 g/mol. The van der Waals surface area contributed by atoms with Gasteiger partial charge < -0.3 is 4.52 Å². The van der Waals surface area contributed by atoms with Crippen LogP contribution in [-0.4, -0.2) is 23.9 Å². The Hall–Kier alpha value is 1.66. The van der Waals surface area contributed by atoms with Gasteiger partial charge in [-0.25, -0.2) is 0 Å². The van der Waals surface area contributed by atoms with Gasteiger partial charge in [-0.1, -0.05) is 29.7 Å². The maximum absolute atomic E-state index is 5.59. The highest BCUT2D eigenvalue weighted by Gasteiger charge is 2.16. The van der Waals surface area contributed by atoms with Gasteiger partial charge >= 0.3 is 0 Å². The van der Waals surface area contributed by atoms with Crippen LogP contribution >= 0.6 is 40.1 Å². The molecular formula is C6H15OPS4. The molecule has 0 spiro atoms. The molecule has 0 radical (unpaired) electrons. The van der Waals surface area contributed by atoms with Gasteiger partial charge in [-0.15, -0.1) is 0 Å². The third-order valence-electron chi connectivity index (χ3n) is 0.915. The molecule has 74 valence electrons. The summed E-state index contributed by atoms with van der Waals surface area (Å²) in [6.45, 7) is 4.84. The maximum atomic E-state index is 5.59. The average molecular weight is 262 g/mol. The summed E-state index contributed by atoms with van der Waals surface area (Å²) in [4.78, 5) is 0. The Morgan fingerprint density at radius 2 is 2.08 bits per heavy atom. The van der Waals surface area contributed by atoms with E-state index in [0.29, 0.717) is 0 Å². The molecule has 0 aliphatic rings. The summed E-state index contributed by atoms with van der Waals surface area (Å²) in [5.41, 5.74) is 0. The van der Waals surface area contributed by atoms with Gasteiger partial charge in [0.2, 0.25) is 0 Å². The van der Waals surface area contributed by atoms with Gasteiger partial charge in [-0.3, -0.25) is 0 Å². The van der Waals surface area contributed by atoms with Crippen molar-refractivity contribution in [2.24, 2.45) is 0 Å². The molecule has 0 aromatic carbocycles. The fourth-order valence-electron chi connectivity index (χ4n) is 0.581. The van der Waals surface area contributed by atoms with Gasteiger partial charge in [0.25, 0.3) is 0 Å². The Morgan fingerprint density at radius 3 is 2.50 bits per heavy atom. The smallest absolute Gasteiger partial charge is 0.174 e. The van der Waals surface area contributed by atoms with Crippen LogP contribution in [0.3, 0.4) is 0 Å². The van der Waals surface area contributed by atoms with Gasteiger partial charge in [0.15, 0.2) is 4.67 Å². The molecule has 0 aliphatic heterocycles. The van der Waals surface area contributed by atoms with E-state index in [4.69, 9.17) is 16.3 Å². The van der Waals surface area contributed by atoms with Gasteiger partial charge in [0.05, 0.1) is 6.61 Å². The zero-order valence-corrected chi connectivity index (χ0v) is 11.6. The lowest BCUT2D eigenvalue weighted by molar-refractivity contribution is 0.393. The first-order valence-electron chi connectivity index (χ1n) is 3.83. The van der Waals surface area contributed by atoms with Crippen LogP contribution < -0.4 is 0 Å². The lowest BCUT2D eigenvalue weighted by Crippen LogP contribution is -1.85. The van der Waals surface area contributed by atoms with Gasteiger partial charge in [0.1, 0.15) is 0 Å². The first-order valence-corrected chi connectivity index (χ1v) is 10.4. The van der Waals surface area contributed by atoms with Crippen LogP contribution in [0, 0.1) is 0 Å². The van der Waals surface area contributed by atoms with Crippen molar-refractivity contribution in [3.8, 4) is 0 Å². The Morgan fingerprint density at radius 1 is 1.42 bits per heavy atom. The van der Waals surface area contributed by atoms with E-state index in [-0.39, 0.29) is 0 Å². The SMILES string of the molecule is CCOP(=S)(SCC)SCCS. The maximum Gasteiger partial charge on any atom is 0.174 e. The molecule has 0 saturated carbocycles. The zero-order chi connectivity index (χ0) is 9.45. The highest BCUT2D eigenvalue weighted by atomic mass is 33.2. The van der Waals surface area contributed by atoms with Crippen molar-refractivity contribution in [2.45, 2.75) is 13.8 Å². The van der Waals surface area contributed by atoms with E-state index < -0.39 is 4.67 Å². The van der Waals surface area contributed by atoms with E-state index in [2.05, 4.69) is 19.6 Å². The molecule has 0 amide bonds. The number of hydrogen-bond acceptors (Lipinski definition) is 5. The molecule has 0 fully saturated rings. The van der Waals surface area contributed by atoms with Crippen LogP contribution in [0.2, 0.25) is 0 Å². The summed E-state index contributed by atoms with van der Waals surface area (Å²) < 4.78 is 3.97. The largest absolute Gasteiger partial charge is 0.334 e. The second kappa shape index (κ2) is 8.01. The Labute approximate surface area is 93.8 Å². The van der Waals surface area contributed by atoms with E-state index in [1.165, 1.54) is 0 Å². The van der Waals surface area contributed by atoms with Crippen molar-refractivity contribution in [1.29, 1.82) is 0 Å². The van der Waals surface area contributed by atoms with E-state index in [0.717, 1.165) is 23.9 Å². The van der Waals surface area contributed by atoms with Crippen LogP contribution in [0.25, 0.3) is 0 Å². The third-order valence-corrected chi connectivity index (χ3v) is 11.3. The van der Waals surface area contributed by atoms with Crippen LogP contribution in [0.4, 0.5) is 0 Å². The molecule has 0 heterocycles. The molecule has 0 aromatic rings. The van der Waals surface area contributed by atoms with E-state index >= 15 is 0 Å². The van der Waals surface area contributed by atoms with E-state index in [1.807, 2.05) is 6.92 Å². The topological polar surface area (TPSA) is 9.23 Å². The summed E-state index contributed by atoms with van der Waals surface area (Å²) in [6, 6.07) is 0. The minimum atomic E-state index is -1.62. The number of thiol groups is 1. The summed E-state index contributed by atoms with van der Waals surface area (Å²) in [7, 11) is 0. The normalized spacial score (nSPS) is 15.9. The fraction of sp³-hybridized carbons (Fsp3) is 1.00. The van der Waals surface area contributed by atoms with Gasteiger partial charge in [-0.05, 0) is 30.2 Å². The van der Waals surface area contributed by atoms with Crippen molar-refractivity contribution in [3.63, 3.8) is 0 Å². The second-order valence-corrected chi connectivity index (χ2v) is 13.2. The number of rotatable bonds is 7. The molecule has 1 unspecified atom stereocenters. The van der Waals surface area contributed by atoms with Crippen LogP contribution in [0.15, 0.2) is 0 Å². The summed E-state index contributed by atoms with van der Waals surface area (Å²) in [5.74, 6) is 2.91. The monoisotopic (exact) mass is 262 g/mol. The molecule has 12 heavy (non-hydrogen) atoms. The van der Waals surface area contributed by atoms with Crippen molar-refractivity contribution in [3.05, 3.63) is 0 Å². The minimum absolute atomic E-state index is 0.726. The second-order valence-electron chi connectivity index (χ2n) is 1.84. The lowest BCUT2D eigenvalue weighted by atomic mass is 10.9. The van der Waals surface area contributed by atoms with Crippen molar-refractivity contribution in [1.82, 2.24) is 0 Å². The molecule has 1 nitrogen and oxygen atoms in total. The Kier molecular flexibility index (Phi) is 9.12. The van der Waals surface area contributed by atoms with Gasteiger partial charge in [0, 0.05) is 5.75 Å². The predicted molar refractivity (Wildman–Crippen MR) is 70.4 cm³/mol. The molecule has 0 aliphatic carbocycles. The summed E-state index contributed by atoms with van der Waals surface area (Å²) >= 11 is 13.1. The highest BCUT2D eigenvalue weighted by molar-refractivity contribution is 8.99. The average Bonchev–Trinajstić information content (AvgIpc) is 2.02. The molecule has 6 heteroatoms. The summed E-state index contributed by atoms with van der Waals surface area (Å²) in [5, 5.41) is 0. The molecule has 0 bridgehead atoms. The number of hydrogen-bond donors (Lipinski definition) is 1. The molecule has 0 saturated heterocycles. The minimum Gasteiger partial charge on any atom is -0.334 e. The molecule has 0 aromatic heterocycles. The first-order chi connectivity index (χ1) is 5.68. The Balaban J connectivity index is 3.90. The third kappa shape index (κ3) is 6.17. The van der Waals surface area contributed by atoms with Crippen LogP contribution in [0.5, 0.6) is 0 Å². The van der Waals surface area contributed by atoms with Crippen LogP contribution in [0.1, 0.15) is 13.8 Å². The summed E-state index contributed by atoms with van der Waals surface area (Å²) in [6.07, 6.45) is 0. The predicted octanol–water partition coefficient (Wildman–Crippen LogP) is 3.66. The quantitative estimate of drug-likeness (QED) is 0.553. The van der Waals surface area contributed by atoms with Crippen molar-refractivity contribution < 1.29 is 4.52 Å². The lowest BCUT2D eigenvalue weighted by Gasteiger charge is -2.18. The molecule has 1 atom stereocenters. The molecule has 0 N–H and O–H groups in total.